The summed E-state index contributed by atoms with van der Waals surface area (Å²) in [7, 11) is 0. The van der Waals surface area contributed by atoms with Crippen LogP contribution in [0.4, 0.5) is 17.1 Å². The van der Waals surface area contributed by atoms with Crippen LogP contribution in [0.5, 0.6) is 0 Å². The lowest BCUT2D eigenvalue weighted by atomic mass is 9.95. The molecular formula is C76H50N4. The topological polar surface area (TPSA) is 18.0 Å². The summed E-state index contributed by atoms with van der Waals surface area (Å²) in [6.45, 7) is 0. The highest BCUT2D eigenvalue weighted by atomic mass is 15.1. The van der Waals surface area contributed by atoms with Gasteiger partial charge in [0.05, 0.1) is 38.8 Å². The van der Waals surface area contributed by atoms with E-state index in [1.807, 2.05) is 0 Å². The predicted octanol–water partition coefficient (Wildman–Crippen LogP) is 20.6. The van der Waals surface area contributed by atoms with E-state index in [2.05, 4.69) is 322 Å². The van der Waals surface area contributed by atoms with Crippen molar-refractivity contribution in [3.8, 4) is 50.4 Å². The van der Waals surface area contributed by atoms with Crippen LogP contribution < -0.4 is 4.90 Å². The first-order valence-electron chi connectivity index (χ1n) is 27.5. The largest absolute Gasteiger partial charge is 0.310 e. The monoisotopic (exact) mass is 1020 g/mol. The number of anilines is 3. The van der Waals surface area contributed by atoms with E-state index in [0.717, 1.165) is 39.7 Å². The zero-order valence-corrected chi connectivity index (χ0v) is 43.7. The first-order valence-corrected chi connectivity index (χ1v) is 27.5. The van der Waals surface area contributed by atoms with Crippen LogP contribution in [0.15, 0.2) is 303 Å². The van der Waals surface area contributed by atoms with Gasteiger partial charge in [-0.3, -0.25) is 0 Å². The molecule has 4 nitrogen and oxygen atoms in total. The summed E-state index contributed by atoms with van der Waals surface area (Å²) in [6.07, 6.45) is 0. The van der Waals surface area contributed by atoms with E-state index in [0.29, 0.717) is 0 Å². The molecule has 0 N–H and O–H groups in total. The maximum atomic E-state index is 2.43. The molecule has 0 atom stereocenters. The van der Waals surface area contributed by atoms with Gasteiger partial charge in [-0.25, -0.2) is 0 Å². The van der Waals surface area contributed by atoms with Gasteiger partial charge in [-0.1, -0.05) is 200 Å². The van der Waals surface area contributed by atoms with Gasteiger partial charge in [0.1, 0.15) is 0 Å². The van der Waals surface area contributed by atoms with Crippen molar-refractivity contribution in [2.75, 3.05) is 4.90 Å². The summed E-state index contributed by atoms with van der Waals surface area (Å²) in [5.74, 6) is 0. The number of fused-ring (bicyclic) bond motifs is 10. The molecule has 80 heavy (non-hydrogen) atoms. The van der Waals surface area contributed by atoms with Crippen LogP contribution in [0.3, 0.4) is 0 Å². The fourth-order valence-electron chi connectivity index (χ4n) is 12.8. The Morgan fingerprint density at radius 2 is 0.525 bits per heavy atom. The van der Waals surface area contributed by atoms with E-state index < -0.39 is 0 Å². The van der Waals surface area contributed by atoms with Gasteiger partial charge in [0, 0.05) is 66.1 Å². The van der Waals surface area contributed by atoms with Crippen molar-refractivity contribution in [3.63, 3.8) is 0 Å². The Kier molecular flexibility index (Phi) is 10.5. The molecule has 0 aliphatic rings. The molecule has 0 saturated heterocycles. The molecule has 0 amide bonds. The normalized spacial score (nSPS) is 11.8. The molecule has 374 valence electrons. The third-order valence-electron chi connectivity index (χ3n) is 16.5. The molecule has 3 aromatic heterocycles. The lowest BCUT2D eigenvalue weighted by molar-refractivity contribution is 1.17. The summed E-state index contributed by atoms with van der Waals surface area (Å²) in [4.78, 5) is 2.43. The first-order chi connectivity index (χ1) is 39.7. The van der Waals surface area contributed by atoms with E-state index in [9.17, 15) is 0 Å². The Balaban J connectivity index is 0.798. The molecule has 0 radical (unpaired) electrons. The van der Waals surface area contributed by atoms with Crippen molar-refractivity contribution >= 4 is 93.3 Å². The summed E-state index contributed by atoms with van der Waals surface area (Å²) in [5.41, 5.74) is 20.9. The summed E-state index contributed by atoms with van der Waals surface area (Å²) >= 11 is 0. The van der Waals surface area contributed by atoms with Crippen molar-refractivity contribution in [2.45, 2.75) is 0 Å². The SMILES string of the molecule is c1ccc(-n2c3ccccc3c3ccc(-c4ccc(-c5ccc(N(c6ccc(-n7c8ccccc8c8ccccc87)cc6)c6ccc(-c7ccc8c9ccccc9n(-c9ccccc9)c8c7)c7ccccc67)cc5)cc4)cc32)cc1. The number of rotatable bonds is 9. The molecule has 4 heteroatoms. The lowest BCUT2D eigenvalue weighted by Crippen LogP contribution is -2.11. The third kappa shape index (κ3) is 7.31. The Labute approximate surface area is 463 Å². The van der Waals surface area contributed by atoms with E-state index in [1.165, 1.54) is 104 Å². The molecule has 16 aromatic rings. The van der Waals surface area contributed by atoms with Gasteiger partial charge in [-0.2, -0.15) is 0 Å². The second-order valence-electron chi connectivity index (χ2n) is 20.9. The number of hydrogen-bond donors (Lipinski definition) is 0. The number of benzene rings is 13. The van der Waals surface area contributed by atoms with Gasteiger partial charge in [0.15, 0.2) is 0 Å². The standard InChI is InChI=1S/C76H50N4/c1-3-17-56(18-4-1)79-72-29-15-11-25-66(72)68-45-37-54(49-75(68)79)53-33-31-51(32-34-53)52-35-39-58(40-36-52)77(59-41-43-60(44-42-59)78-70-27-13-9-23-64(70)65-24-10-14-28-71(65)78)74-48-47-61(62-21-7-8-22-63(62)74)55-38-46-69-67-26-12-16-30-73(67)80(76(69)50-55)57-19-5-2-6-20-57/h1-50H. The zero-order valence-electron chi connectivity index (χ0n) is 43.7. The van der Waals surface area contributed by atoms with Gasteiger partial charge >= 0.3 is 0 Å². The Morgan fingerprint density at radius 3 is 1.01 bits per heavy atom. The van der Waals surface area contributed by atoms with Gasteiger partial charge in [0.25, 0.3) is 0 Å². The predicted molar refractivity (Wildman–Crippen MR) is 338 cm³/mol. The van der Waals surface area contributed by atoms with Crippen LogP contribution in [-0.4, -0.2) is 13.7 Å². The van der Waals surface area contributed by atoms with Crippen molar-refractivity contribution in [1.29, 1.82) is 0 Å². The fraction of sp³-hybridized carbons (Fsp3) is 0. The Morgan fingerprint density at radius 1 is 0.200 bits per heavy atom. The molecule has 3 heterocycles. The van der Waals surface area contributed by atoms with Crippen molar-refractivity contribution in [2.24, 2.45) is 0 Å². The summed E-state index contributed by atoms with van der Waals surface area (Å²) < 4.78 is 7.18. The van der Waals surface area contributed by atoms with E-state index in [1.54, 1.807) is 0 Å². The average Bonchev–Trinajstić information content (AvgIpc) is 4.37. The molecule has 13 aromatic carbocycles. The van der Waals surface area contributed by atoms with Crippen LogP contribution in [-0.2, 0) is 0 Å². The van der Waals surface area contributed by atoms with Gasteiger partial charge in [-0.15, -0.1) is 0 Å². The molecule has 16 rings (SSSR count). The van der Waals surface area contributed by atoms with E-state index in [-0.39, 0.29) is 0 Å². The van der Waals surface area contributed by atoms with Crippen molar-refractivity contribution < 1.29 is 0 Å². The second kappa shape index (κ2) is 18.5. The number of hydrogen-bond acceptors (Lipinski definition) is 1. The first kappa shape index (κ1) is 45.5. The number of aromatic nitrogens is 3. The van der Waals surface area contributed by atoms with Gasteiger partial charge in [0.2, 0.25) is 0 Å². The summed E-state index contributed by atoms with van der Waals surface area (Å²) in [5, 5.41) is 9.86. The molecule has 0 fully saturated rings. The molecule has 0 saturated carbocycles. The highest BCUT2D eigenvalue weighted by molar-refractivity contribution is 6.13. The Hall–Kier alpha value is -10.7. The van der Waals surface area contributed by atoms with E-state index >= 15 is 0 Å². The van der Waals surface area contributed by atoms with Crippen LogP contribution in [0, 0.1) is 0 Å². The maximum Gasteiger partial charge on any atom is 0.0547 e. The van der Waals surface area contributed by atoms with Crippen LogP contribution >= 0.6 is 0 Å². The van der Waals surface area contributed by atoms with Gasteiger partial charge in [-0.05, 0) is 142 Å². The molecule has 0 aliphatic heterocycles. The quantitative estimate of drug-likeness (QED) is 0.141. The molecule has 0 spiro atoms. The fourth-order valence-corrected chi connectivity index (χ4v) is 12.8. The molecule has 0 aliphatic carbocycles. The van der Waals surface area contributed by atoms with Crippen LogP contribution in [0.1, 0.15) is 0 Å². The Bertz CT molecular complexity index is 4970. The second-order valence-corrected chi connectivity index (χ2v) is 20.9. The maximum absolute atomic E-state index is 2.43. The van der Waals surface area contributed by atoms with Crippen LogP contribution in [0.25, 0.3) is 127 Å². The average molecular weight is 1020 g/mol. The van der Waals surface area contributed by atoms with Gasteiger partial charge < -0.3 is 18.6 Å². The third-order valence-corrected chi connectivity index (χ3v) is 16.5. The zero-order chi connectivity index (χ0) is 52.7. The minimum atomic E-state index is 1.07. The molecule has 0 unspecified atom stereocenters. The summed E-state index contributed by atoms with van der Waals surface area (Å²) in [6, 6.07) is 111. The number of para-hydroxylation sites is 6. The van der Waals surface area contributed by atoms with Crippen molar-refractivity contribution in [3.05, 3.63) is 303 Å². The highest BCUT2D eigenvalue weighted by Gasteiger charge is 2.21. The minimum Gasteiger partial charge on any atom is -0.310 e. The molecular weight excluding hydrogens is 969 g/mol. The highest BCUT2D eigenvalue weighted by Crippen LogP contribution is 2.45. The van der Waals surface area contributed by atoms with Crippen molar-refractivity contribution in [1.82, 2.24) is 13.7 Å². The van der Waals surface area contributed by atoms with E-state index in [4.69, 9.17) is 0 Å². The smallest absolute Gasteiger partial charge is 0.0547 e. The lowest BCUT2D eigenvalue weighted by Gasteiger charge is -2.28. The van der Waals surface area contributed by atoms with Crippen LogP contribution in [0.2, 0.25) is 0 Å². The molecule has 0 bridgehead atoms. The number of nitrogens with zero attached hydrogens (tertiary/aromatic N) is 4. The minimum absolute atomic E-state index is 1.07.